The number of halogens is 1. The highest BCUT2D eigenvalue weighted by atomic mass is 79.9. The molecule has 22 heavy (non-hydrogen) atoms. The van der Waals surface area contributed by atoms with Crippen LogP contribution in [0, 0.1) is 6.92 Å². The van der Waals surface area contributed by atoms with Gasteiger partial charge in [0.1, 0.15) is 0 Å². The Kier molecular flexibility index (Phi) is 5.29. The standard InChI is InChI=1S/C19H22BrNO/c1-15-7-9-17(10-8-15)19(20)18-14-21(11-12-22-18)13-16-5-3-2-4-6-16/h2-10,18-19H,11-14H2,1H3/t18-,19?/m0/s1. The van der Waals surface area contributed by atoms with Crippen LogP contribution in [0.15, 0.2) is 54.6 Å². The van der Waals surface area contributed by atoms with E-state index in [0.29, 0.717) is 0 Å². The fraction of sp³-hybridized carbons (Fsp3) is 0.368. The van der Waals surface area contributed by atoms with E-state index in [1.54, 1.807) is 0 Å². The quantitative estimate of drug-likeness (QED) is 0.753. The summed E-state index contributed by atoms with van der Waals surface area (Å²) in [5.41, 5.74) is 3.94. The predicted molar refractivity (Wildman–Crippen MR) is 94.3 cm³/mol. The van der Waals surface area contributed by atoms with Crippen molar-refractivity contribution in [1.29, 1.82) is 0 Å². The van der Waals surface area contributed by atoms with Crippen molar-refractivity contribution in [3.05, 3.63) is 71.3 Å². The lowest BCUT2D eigenvalue weighted by Gasteiger charge is -2.35. The van der Waals surface area contributed by atoms with Crippen LogP contribution < -0.4 is 0 Å². The van der Waals surface area contributed by atoms with Crippen molar-refractivity contribution in [3.63, 3.8) is 0 Å². The van der Waals surface area contributed by atoms with E-state index in [0.717, 1.165) is 26.2 Å². The van der Waals surface area contributed by atoms with Gasteiger partial charge in [-0.05, 0) is 18.1 Å². The van der Waals surface area contributed by atoms with Crippen molar-refractivity contribution in [1.82, 2.24) is 4.90 Å². The van der Waals surface area contributed by atoms with Gasteiger partial charge in [0.25, 0.3) is 0 Å². The summed E-state index contributed by atoms with van der Waals surface area (Å²) in [6.45, 7) is 5.86. The molecule has 0 saturated carbocycles. The highest BCUT2D eigenvalue weighted by Crippen LogP contribution is 2.31. The maximum Gasteiger partial charge on any atom is 0.0868 e. The van der Waals surface area contributed by atoms with E-state index in [2.05, 4.69) is 82.4 Å². The molecule has 1 aliphatic rings. The topological polar surface area (TPSA) is 12.5 Å². The average Bonchev–Trinajstić information content (AvgIpc) is 2.56. The summed E-state index contributed by atoms with van der Waals surface area (Å²) in [5, 5.41) is 0. The van der Waals surface area contributed by atoms with Crippen LogP contribution in [0.5, 0.6) is 0 Å². The Morgan fingerprint density at radius 1 is 1.14 bits per heavy atom. The van der Waals surface area contributed by atoms with E-state index in [9.17, 15) is 0 Å². The number of aryl methyl sites for hydroxylation is 1. The molecule has 0 aliphatic carbocycles. The molecule has 0 radical (unpaired) electrons. The molecule has 3 rings (SSSR count). The maximum absolute atomic E-state index is 6.00. The van der Waals surface area contributed by atoms with Crippen molar-refractivity contribution < 1.29 is 4.74 Å². The molecule has 1 saturated heterocycles. The Balaban J connectivity index is 1.63. The van der Waals surface area contributed by atoms with E-state index in [-0.39, 0.29) is 10.9 Å². The lowest BCUT2D eigenvalue weighted by molar-refractivity contribution is -0.0310. The van der Waals surface area contributed by atoms with Crippen LogP contribution in [0.3, 0.4) is 0 Å². The Hall–Kier alpha value is -1.16. The summed E-state index contributed by atoms with van der Waals surface area (Å²) in [6.07, 6.45) is 0.195. The first-order chi connectivity index (χ1) is 10.7. The number of hydrogen-bond donors (Lipinski definition) is 0. The zero-order valence-electron chi connectivity index (χ0n) is 12.9. The van der Waals surface area contributed by atoms with E-state index in [1.807, 2.05) is 0 Å². The maximum atomic E-state index is 6.00. The van der Waals surface area contributed by atoms with E-state index >= 15 is 0 Å². The number of morpholine rings is 1. The molecule has 2 aromatic rings. The molecular weight excluding hydrogens is 338 g/mol. The van der Waals surface area contributed by atoms with Crippen molar-refractivity contribution >= 4 is 15.9 Å². The normalized spacial score (nSPS) is 20.7. The SMILES string of the molecule is Cc1ccc(C(Br)[C@@H]2CN(Cc3ccccc3)CCO2)cc1. The van der Waals surface area contributed by atoms with Crippen molar-refractivity contribution in [2.75, 3.05) is 19.7 Å². The molecule has 3 heteroatoms. The van der Waals surface area contributed by atoms with Crippen LogP contribution in [0.25, 0.3) is 0 Å². The Morgan fingerprint density at radius 2 is 1.86 bits per heavy atom. The smallest absolute Gasteiger partial charge is 0.0868 e. The second-order valence-corrected chi connectivity index (χ2v) is 6.93. The van der Waals surface area contributed by atoms with Gasteiger partial charge in [0.2, 0.25) is 0 Å². The van der Waals surface area contributed by atoms with Gasteiger partial charge in [0.15, 0.2) is 0 Å². The second kappa shape index (κ2) is 7.40. The van der Waals surface area contributed by atoms with Gasteiger partial charge in [0, 0.05) is 19.6 Å². The van der Waals surface area contributed by atoms with Gasteiger partial charge < -0.3 is 4.74 Å². The summed E-state index contributed by atoms with van der Waals surface area (Å²) in [6, 6.07) is 19.4. The molecule has 1 fully saturated rings. The largest absolute Gasteiger partial charge is 0.374 e. The van der Waals surface area contributed by atoms with Crippen LogP contribution in [0.4, 0.5) is 0 Å². The van der Waals surface area contributed by atoms with Crippen LogP contribution in [-0.4, -0.2) is 30.7 Å². The number of nitrogens with zero attached hydrogens (tertiary/aromatic N) is 1. The van der Waals surface area contributed by atoms with Crippen molar-refractivity contribution in [2.24, 2.45) is 0 Å². The van der Waals surface area contributed by atoms with Gasteiger partial charge in [-0.25, -0.2) is 0 Å². The zero-order chi connectivity index (χ0) is 15.4. The Bertz CT molecular complexity index is 584. The lowest BCUT2D eigenvalue weighted by Crippen LogP contribution is -2.43. The Morgan fingerprint density at radius 3 is 2.59 bits per heavy atom. The molecule has 2 nitrogen and oxygen atoms in total. The van der Waals surface area contributed by atoms with Gasteiger partial charge in [-0.3, -0.25) is 4.90 Å². The molecule has 0 bridgehead atoms. The molecule has 0 aromatic heterocycles. The van der Waals surface area contributed by atoms with Crippen LogP contribution in [0.1, 0.15) is 21.5 Å². The molecule has 0 amide bonds. The van der Waals surface area contributed by atoms with Gasteiger partial charge >= 0.3 is 0 Å². The second-order valence-electron chi connectivity index (χ2n) is 5.94. The Labute approximate surface area is 141 Å². The number of hydrogen-bond acceptors (Lipinski definition) is 2. The summed E-state index contributed by atoms with van der Waals surface area (Å²) in [5.74, 6) is 0. The van der Waals surface area contributed by atoms with Crippen molar-refractivity contribution in [3.8, 4) is 0 Å². The minimum absolute atomic E-state index is 0.195. The molecule has 2 aromatic carbocycles. The summed E-state index contributed by atoms with van der Waals surface area (Å²) in [7, 11) is 0. The van der Waals surface area contributed by atoms with Crippen LogP contribution in [-0.2, 0) is 11.3 Å². The molecule has 1 aliphatic heterocycles. The molecule has 116 valence electrons. The van der Waals surface area contributed by atoms with Gasteiger partial charge in [-0.2, -0.15) is 0 Å². The molecule has 0 N–H and O–H groups in total. The highest BCUT2D eigenvalue weighted by Gasteiger charge is 2.27. The monoisotopic (exact) mass is 359 g/mol. The summed E-state index contributed by atoms with van der Waals surface area (Å²) in [4.78, 5) is 2.72. The van der Waals surface area contributed by atoms with Gasteiger partial charge in [0.05, 0.1) is 17.5 Å². The molecule has 1 unspecified atom stereocenters. The lowest BCUT2D eigenvalue weighted by atomic mass is 10.0. The first-order valence-electron chi connectivity index (χ1n) is 7.81. The number of ether oxygens (including phenoxy) is 1. The van der Waals surface area contributed by atoms with Gasteiger partial charge in [-0.1, -0.05) is 76.1 Å². The summed E-state index contributed by atoms with van der Waals surface area (Å²) >= 11 is 3.83. The molecular formula is C19H22BrNO. The van der Waals surface area contributed by atoms with Crippen molar-refractivity contribution in [2.45, 2.75) is 24.4 Å². The van der Waals surface area contributed by atoms with Gasteiger partial charge in [-0.15, -0.1) is 0 Å². The number of rotatable bonds is 4. The highest BCUT2D eigenvalue weighted by molar-refractivity contribution is 9.09. The first-order valence-corrected chi connectivity index (χ1v) is 8.72. The first kappa shape index (κ1) is 15.7. The summed E-state index contributed by atoms with van der Waals surface area (Å²) < 4.78 is 6.00. The number of alkyl halides is 1. The van der Waals surface area contributed by atoms with Crippen LogP contribution >= 0.6 is 15.9 Å². The third-order valence-electron chi connectivity index (χ3n) is 4.15. The van der Waals surface area contributed by atoms with E-state index in [4.69, 9.17) is 4.74 Å². The van der Waals surface area contributed by atoms with E-state index in [1.165, 1.54) is 16.7 Å². The molecule has 0 spiro atoms. The fourth-order valence-corrected chi connectivity index (χ4v) is 3.48. The van der Waals surface area contributed by atoms with Crippen LogP contribution in [0.2, 0.25) is 0 Å². The van der Waals surface area contributed by atoms with E-state index < -0.39 is 0 Å². The minimum atomic E-state index is 0.195. The third kappa shape index (κ3) is 3.97. The minimum Gasteiger partial charge on any atom is -0.374 e. The average molecular weight is 360 g/mol. The number of benzene rings is 2. The zero-order valence-corrected chi connectivity index (χ0v) is 14.5. The fourth-order valence-electron chi connectivity index (χ4n) is 2.86. The third-order valence-corrected chi connectivity index (χ3v) is 5.27. The predicted octanol–water partition coefficient (Wildman–Crippen LogP) is 4.33. The molecule has 2 atom stereocenters. The molecule has 1 heterocycles.